The van der Waals surface area contributed by atoms with Crippen molar-refractivity contribution in [3.8, 4) is 29.3 Å². The molecule has 0 aliphatic heterocycles. The highest BCUT2D eigenvalue weighted by atomic mass is 16.3. The van der Waals surface area contributed by atoms with Crippen LogP contribution in [0.5, 0.6) is 5.88 Å². The Morgan fingerprint density at radius 3 is 2.44 bits per heavy atom. The zero-order valence-electron chi connectivity index (χ0n) is 14.4. The average molecular weight is 354 g/mol. The highest BCUT2D eigenvalue weighted by Gasteiger charge is 2.21. The van der Waals surface area contributed by atoms with Gasteiger partial charge in [0, 0.05) is 5.56 Å². The Balaban J connectivity index is 2.19. The summed E-state index contributed by atoms with van der Waals surface area (Å²) in [5, 5.41) is 28.7. The molecule has 6 nitrogen and oxygen atoms in total. The van der Waals surface area contributed by atoms with Crippen LogP contribution in [0.1, 0.15) is 27.8 Å². The molecule has 3 rings (SSSR count). The summed E-state index contributed by atoms with van der Waals surface area (Å²) in [5.41, 5.74) is 4.10. The van der Waals surface area contributed by atoms with Gasteiger partial charge >= 0.3 is 0 Å². The van der Waals surface area contributed by atoms with Crippen LogP contribution in [-0.4, -0.2) is 22.2 Å². The van der Waals surface area contributed by atoms with Gasteiger partial charge in [0.25, 0.3) is 0 Å². The number of hydrogen-bond acceptors (Lipinski definition) is 4. The Morgan fingerprint density at radius 1 is 1.11 bits per heavy atom. The quantitative estimate of drug-likeness (QED) is 0.552. The van der Waals surface area contributed by atoms with Crippen molar-refractivity contribution in [1.29, 1.82) is 10.5 Å². The SMILES string of the molecule is Cc1c(-c2cccc(C#N)c2)[nH]c(O)c1C(=NC=O)c1cccc(C#N)c1. The first-order valence-electron chi connectivity index (χ1n) is 8.03. The number of carbonyl (C=O) groups excluding carboxylic acids is 1. The summed E-state index contributed by atoms with van der Waals surface area (Å²) in [5.74, 6) is -0.146. The van der Waals surface area contributed by atoms with Gasteiger partial charge in [-0.3, -0.25) is 4.79 Å². The maximum absolute atomic E-state index is 11.1. The highest BCUT2D eigenvalue weighted by molar-refractivity contribution is 6.18. The van der Waals surface area contributed by atoms with Crippen molar-refractivity contribution < 1.29 is 9.90 Å². The number of nitriles is 2. The molecule has 0 saturated carbocycles. The summed E-state index contributed by atoms with van der Waals surface area (Å²) in [6.45, 7) is 1.79. The van der Waals surface area contributed by atoms with E-state index in [1.54, 1.807) is 49.4 Å². The van der Waals surface area contributed by atoms with E-state index in [1.165, 1.54) is 0 Å². The third-order valence-corrected chi connectivity index (χ3v) is 4.19. The number of nitrogens with one attached hydrogen (secondary N) is 1. The number of rotatable bonds is 4. The zero-order chi connectivity index (χ0) is 19.4. The van der Waals surface area contributed by atoms with Gasteiger partial charge in [0.1, 0.15) is 0 Å². The van der Waals surface area contributed by atoms with E-state index >= 15 is 0 Å². The Hall–Kier alpha value is -4.16. The Kier molecular flexibility index (Phi) is 4.83. The number of aromatic amines is 1. The molecule has 6 heteroatoms. The van der Waals surface area contributed by atoms with E-state index in [0.717, 1.165) is 5.56 Å². The summed E-state index contributed by atoms with van der Waals surface area (Å²) < 4.78 is 0. The molecule has 0 aliphatic carbocycles. The van der Waals surface area contributed by atoms with E-state index in [4.69, 9.17) is 10.5 Å². The number of H-pyrrole nitrogens is 1. The van der Waals surface area contributed by atoms with Gasteiger partial charge in [-0.05, 0) is 42.3 Å². The van der Waals surface area contributed by atoms with Crippen molar-refractivity contribution in [3.63, 3.8) is 0 Å². The molecule has 2 N–H and O–H groups in total. The average Bonchev–Trinajstić information content (AvgIpc) is 3.00. The number of carbonyl (C=O) groups is 1. The topological polar surface area (TPSA) is 113 Å². The van der Waals surface area contributed by atoms with Crippen molar-refractivity contribution in [2.24, 2.45) is 4.99 Å². The lowest BCUT2D eigenvalue weighted by atomic mass is 9.97. The van der Waals surface area contributed by atoms with Gasteiger partial charge in [0.2, 0.25) is 6.41 Å². The largest absolute Gasteiger partial charge is 0.494 e. The van der Waals surface area contributed by atoms with E-state index in [9.17, 15) is 9.90 Å². The monoisotopic (exact) mass is 354 g/mol. The van der Waals surface area contributed by atoms with Crippen molar-refractivity contribution in [1.82, 2.24) is 4.98 Å². The number of aromatic hydroxyl groups is 1. The van der Waals surface area contributed by atoms with Gasteiger partial charge in [0.15, 0.2) is 5.88 Å². The van der Waals surface area contributed by atoms with Gasteiger partial charge in [-0.15, -0.1) is 0 Å². The molecule has 0 spiro atoms. The lowest BCUT2D eigenvalue weighted by Gasteiger charge is -2.07. The molecule has 0 unspecified atom stereocenters. The van der Waals surface area contributed by atoms with Crippen LogP contribution < -0.4 is 0 Å². The molecule has 130 valence electrons. The zero-order valence-corrected chi connectivity index (χ0v) is 14.4. The molecule has 1 amide bonds. The molecule has 1 aromatic heterocycles. The molecule has 0 saturated heterocycles. The van der Waals surface area contributed by atoms with Crippen molar-refractivity contribution >= 4 is 12.1 Å². The van der Waals surface area contributed by atoms with Gasteiger partial charge in [-0.2, -0.15) is 10.5 Å². The van der Waals surface area contributed by atoms with Crippen molar-refractivity contribution in [3.05, 3.63) is 76.3 Å². The molecule has 1 heterocycles. The Labute approximate surface area is 155 Å². The van der Waals surface area contributed by atoms with Crippen molar-refractivity contribution in [2.45, 2.75) is 6.92 Å². The summed E-state index contributed by atoms with van der Waals surface area (Å²) in [4.78, 5) is 17.9. The smallest absolute Gasteiger partial charge is 0.233 e. The molecule has 0 fully saturated rings. The van der Waals surface area contributed by atoms with E-state index in [2.05, 4.69) is 16.0 Å². The van der Waals surface area contributed by atoms with Crippen LogP contribution in [0.25, 0.3) is 11.3 Å². The number of aliphatic imine (C=N–C) groups is 1. The molecule has 27 heavy (non-hydrogen) atoms. The first-order chi connectivity index (χ1) is 13.1. The fourth-order valence-electron chi connectivity index (χ4n) is 2.97. The third kappa shape index (κ3) is 3.33. The van der Waals surface area contributed by atoms with E-state index in [0.29, 0.717) is 39.9 Å². The minimum Gasteiger partial charge on any atom is -0.494 e. The second kappa shape index (κ2) is 7.38. The minimum absolute atomic E-state index is 0.146. The summed E-state index contributed by atoms with van der Waals surface area (Å²) >= 11 is 0. The summed E-state index contributed by atoms with van der Waals surface area (Å²) in [6, 6.07) is 17.7. The predicted molar refractivity (Wildman–Crippen MR) is 100 cm³/mol. The molecule has 0 aliphatic rings. The predicted octanol–water partition coefficient (Wildman–Crippen LogP) is 3.43. The van der Waals surface area contributed by atoms with E-state index < -0.39 is 0 Å². The Morgan fingerprint density at radius 2 is 1.78 bits per heavy atom. The van der Waals surface area contributed by atoms with Gasteiger partial charge in [-0.1, -0.05) is 24.3 Å². The van der Waals surface area contributed by atoms with Crippen molar-refractivity contribution in [2.75, 3.05) is 0 Å². The molecular weight excluding hydrogens is 340 g/mol. The van der Waals surface area contributed by atoms with Gasteiger partial charge < -0.3 is 10.1 Å². The van der Waals surface area contributed by atoms with E-state index in [1.807, 2.05) is 12.1 Å². The molecule has 0 atom stereocenters. The lowest BCUT2D eigenvalue weighted by molar-refractivity contribution is -0.106. The molecule has 0 bridgehead atoms. The number of nitrogens with zero attached hydrogens (tertiary/aromatic N) is 3. The molecule has 0 radical (unpaired) electrons. The number of hydrogen-bond donors (Lipinski definition) is 2. The summed E-state index contributed by atoms with van der Waals surface area (Å²) in [7, 11) is 0. The fourth-order valence-corrected chi connectivity index (χ4v) is 2.97. The fraction of sp³-hybridized carbons (Fsp3) is 0.0476. The van der Waals surface area contributed by atoms with Crippen LogP contribution in [0, 0.1) is 29.6 Å². The first kappa shape index (κ1) is 17.7. The maximum atomic E-state index is 11.1. The van der Waals surface area contributed by atoms with Crippen LogP contribution in [0.2, 0.25) is 0 Å². The lowest BCUT2D eigenvalue weighted by Crippen LogP contribution is -2.05. The molecule has 2 aromatic carbocycles. The number of benzene rings is 2. The normalized spacial score (nSPS) is 10.9. The standard InChI is InChI=1S/C21H14N4O2/c1-13-18(20(24-12-26)17-7-3-5-15(9-17)11-23)21(27)25-19(13)16-6-2-4-14(8-16)10-22/h2-9,12,25,27H,1H3. The van der Waals surface area contributed by atoms with Crippen LogP contribution in [0.3, 0.4) is 0 Å². The maximum Gasteiger partial charge on any atom is 0.233 e. The third-order valence-electron chi connectivity index (χ3n) is 4.19. The highest BCUT2D eigenvalue weighted by Crippen LogP contribution is 2.33. The van der Waals surface area contributed by atoms with Crippen LogP contribution in [0.15, 0.2) is 53.5 Å². The van der Waals surface area contributed by atoms with Crippen LogP contribution >= 0.6 is 0 Å². The van der Waals surface area contributed by atoms with Gasteiger partial charge in [-0.25, -0.2) is 4.99 Å². The van der Waals surface area contributed by atoms with Gasteiger partial charge in [0.05, 0.1) is 40.2 Å². The Bertz CT molecular complexity index is 1140. The second-order valence-electron chi connectivity index (χ2n) is 5.82. The summed E-state index contributed by atoms with van der Waals surface area (Å²) in [6.07, 6.45) is 0.399. The number of aromatic nitrogens is 1. The first-order valence-corrected chi connectivity index (χ1v) is 8.03. The molecular formula is C21H14N4O2. The molecule has 3 aromatic rings. The van der Waals surface area contributed by atoms with E-state index in [-0.39, 0.29) is 11.6 Å². The number of amides is 1. The van der Waals surface area contributed by atoms with Crippen LogP contribution in [0.4, 0.5) is 0 Å². The second-order valence-corrected chi connectivity index (χ2v) is 5.82. The van der Waals surface area contributed by atoms with Crippen LogP contribution in [-0.2, 0) is 4.79 Å². The minimum atomic E-state index is -0.146.